The van der Waals surface area contributed by atoms with Crippen LogP contribution < -0.4 is 11.5 Å². The molecule has 2 aromatic heterocycles. The minimum Gasteiger partial charge on any atom is -0.398 e. The van der Waals surface area contributed by atoms with E-state index in [1.807, 2.05) is 12.3 Å². The fourth-order valence-electron chi connectivity index (χ4n) is 1.56. The Hall–Kier alpha value is -1.46. The van der Waals surface area contributed by atoms with Crippen molar-refractivity contribution in [1.82, 2.24) is 9.97 Å². The SMILES string of the molecule is Cc1nc(CC(N)c2cnccc2N)cs1. The second-order valence-corrected chi connectivity index (χ2v) is 4.74. The fraction of sp³-hybridized carbons (Fsp3) is 0.273. The molecule has 0 bridgehead atoms. The number of nitrogens with zero attached hydrogens (tertiary/aromatic N) is 2. The number of nitrogens with two attached hydrogens (primary N) is 2. The number of thiazole rings is 1. The highest BCUT2D eigenvalue weighted by Gasteiger charge is 2.11. The molecule has 0 saturated heterocycles. The molecule has 1 atom stereocenters. The van der Waals surface area contributed by atoms with Crippen LogP contribution in [0.25, 0.3) is 0 Å². The Morgan fingerprint density at radius 2 is 2.31 bits per heavy atom. The molecule has 84 valence electrons. The zero-order valence-electron chi connectivity index (χ0n) is 9.05. The Morgan fingerprint density at radius 3 is 2.94 bits per heavy atom. The lowest BCUT2D eigenvalue weighted by Crippen LogP contribution is -2.15. The third-order valence-corrected chi connectivity index (χ3v) is 3.20. The summed E-state index contributed by atoms with van der Waals surface area (Å²) >= 11 is 1.63. The van der Waals surface area contributed by atoms with E-state index >= 15 is 0 Å². The lowest BCUT2D eigenvalue weighted by Gasteiger charge is -2.12. The Bertz CT molecular complexity index is 480. The average Bonchev–Trinajstić information content (AvgIpc) is 2.64. The topological polar surface area (TPSA) is 77.8 Å². The largest absolute Gasteiger partial charge is 0.398 e. The summed E-state index contributed by atoms with van der Waals surface area (Å²) in [4.78, 5) is 8.42. The van der Waals surface area contributed by atoms with Crippen LogP contribution in [0.1, 0.15) is 22.3 Å². The summed E-state index contributed by atoms with van der Waals surface area (Å²) in [6, 6.07) is 1.62. The van der Waals surface area contributed by atoms with Gasteiger partial charge in [0.25, 0.3) is 0 Å². The molecule has 16 heavy (non-hydrogen) atoms. The molecule has 2 aromatic rings. The van der Waals surface area contributed by atoms with E-state index in [0.29, 0.717) is 12.1 Å². The van der Waals surface area contributed by atoms with Crippen LogP contribution in [0.4, 0.5) is 5.69 Å². The van der Waals surface area contributed by atoms with Gasteiger partial charge in [-0.25, -0.2) is 4.98 Å². The summed E-state index contributed by atoms with van der Waals surface area (Å²) in [5, 5.41) is 3.09. The first-order valence-electron chi connectivity index (χ1n) is 5.03. The third kappa shape index (κ3) is 2.37. The quantitative estimate of drug-likeness (QED) is 0.846. The Balaban J connectivity index is 2.14. The van der Waals surface area contributed by atoms with Gasteiger partial charge in [-0.2, -0.15) is 0 Å². The summed E-state index contributed by atoms with van der Waals surface area (Å²) in [5.41, 5.74) is 14.5. The van der Waals surface area contributed by atoms with E-state index in [-0.39, 0.29) is 6.04 Å². The fourth-order valence-corrected chi connectivity index (χ4v) is 2.19. The van der Waals surface area contributed by atoms with Crippen molar-refractivity contribution in [1.29, 1.82) is 0 Å². The number of pyridine rings is 1. The number of nitrogen functional groups attached to an aromatic ring is 1. The number of aryl methyl sites for hydroxylation is 1. The van der Waals surface area contributed by atoms with Gasteiger partial charge in [-0.05, 0) is 13.0 Å². The van der Waals surface area contributed by atoms with Crippen LogP contribution in [0.2, 0.25) is 0 Å². The van der Waals surface area contributed by atoms with Crippen LogP contribution >= 0.6 is 11.3 Å². The minimum atomic E-state index is -0.143. The van der Waals surface area contributed by atoms with Gasteiger partial charge in [0.05, 0.1) is 10.7 Å². The van der Waals surface area contributed by atoms with Gasteiger partial charge in [-0.15, -0.1) is 11.3 Å². The van der Waals surface area contributed by atoms with E-state index in [9.17, 15) is 0 Å². The molecule has 5 heteroatoms. The van der Waals surface area contributed by atoms with Gasteiger partial charge in [0.1, 0.15) is 0 Å². The molecule has 0 spiro atoms. The van der Waals surface area contributed by atoms with Crippen molar-refractivity contribution in [2.45, 2.75) is 19.4 Å². The molecule has 0 saturated carbocycles. The first-order valence-corrected chi connectivity index (χ1v) is 5.90. The smallest absolute Gasteiger partial charge is 0.0897 e. The van der Waals surface area contributed by atoms with E-state index in [2.05, 4.69) is 9.97 Å². The second-order valence-electron chi connectivity index (χ2n) is 3.67. The van der Waals surface area contributed by atoms with Crippen molar-refractivity contribution in [2.75, 3.05) is 5.73 Å². The molecular formula is C11H14N4S. The van der Waals surface area contributed by atoms with Gasteiger partial charge in [0.2, 0.25) is 0 Å². The maximum atomic E-state index is 6.08. The first kappa shape index (κ1) is 11.0. The highest BCUT2D eigenvalue weighted by atomic mass is 32.1. The van der Waals surface area contributed by atoms with Crippen LogP contribution in [0.15, 0.2) is 23.8 Å². The molecule has 2 rings (SSSR count). The lowest BCUT2D eigenvalue weighted by atomic mass is 10.0. The minimum absolute atomic E-state index is 0.143. The van der Waals surface area contributed by atoms with E-state index in [1.165, 1.54) is 0 Å². The van der Waals surface area contributed by atoms with Crippen LogP contribution in [-0.2, 0) is 6.42 Å². The maximum absolute atomic E-state index is 6.08. The highest BCUT2D eigenvalue weighted by molar-refractivity contribution is 7.09. The molecular weight excluding hydrogens is 220 g/mol. The van der Waals surface area contributed by atoms with Crippen LogP contribution in [0.3, 0.4) is 0 Å². The number of aromatic nitrogens is 2. The molecule has 4 nitrogen and oxygen atoms in total. The maximum Gasteiger partial charge on any atom is 0.0897 e. The summed E-state index contributed by atoms with van der Waals surface area (Å²) in [5.74, 6) is 0. The third-order valence-electron chi connectivity index (χ3n) is 2.38. The second kappa shape index (κ2) is 4.59. The first-order chi connectivity index (χ1) is 7.66. The lowest BCUT2D eigenvalue weighted by molar-refractivity contribution is 0.708. The predicted molar refractivity (Wildman–Crippen MR) is 66.1 cm³/mol. The molecule has 0 radical (unpaired) electrons. The monoisotopic (exact) mass is 234 g/mol. The zero-order valence-corrected chi connectivity index (χ0v) is 9.87. The van der Waals surface area contributed by atoms with E-state index in [0.717, 1.165) is 16.3 Å². The Kier molecular flexibility index (Phi) is 3.17. The van der Waals surface area contributed by atoms with Crippen molar-refractivity contribution in [2.24, 2.45) is 5.73 Å². The van der Waals surface area contributed by atoms with E-state index in [4.69, 9.17) is 11.5 Å². The van der Waals surface area contributed by atoms with Gasteiger partial charge in [0, 0.05) is 41.5 Å². The normalized spacial score (nSPS) is 12.6. The van der Waals surface area contributed by atoms with Crippen molar-refractivity contribution in [3.8, 4) is 0 Å². The van der Waals surface area contributed by atoms with Crippen molar-refractivity contribution in [3.63, 3.8) is 0 Å². The molecule has 1 unspecified atom stereocenters. The van der Waals surface area contributed by atoms with Gasteiger partial charge >= 0.3 is 0 Å². The summed E-state index contributed by atoms with van der Waals surface area (Å²) in [6.07, 6.45) is 4.08. The highest BCUT2D eigenvalue weighted by Crippen LogP contribution is 2.21. The average molecular weight is 234 g/mol. The van der Waals surface area contributed by atoms with Gasteiger partial charge < -0.3 is 11.5 Å². The molecule has 0 aliphatic heterocycles. The Morgan fingerprint density at radius 1 is 1.50 bits per heavy atom. The van der Waals surface area contributed by atoms with Crippen molar-refractivity contribution in [3.05, 3.63) is 40.1 Å². The standard InChI is InChI=1S/C11H14N4S/c1-7-15-8(6-16-7)4-11(13)9-5-14-3-2-10(9)12/h2-3,5-6,11H,4,13H2,1H3,(H2,12,14). The van der Waals surface area contributed by atoms with Crippen LogP contribution in [-0.4, -0.2) is 9.97 Å². The molecule has 0 amide bonds. The van der Waals surface area contributed by atoms with Gasteiger partial charge in [-0.1, -0.05) is 0 Å². The van der Waals surface area contributed by atoms with E-state index < -0.39 is 0 Å². The number of hydrogen-bond donors (Lipinski definition) is 2. The van der Waals surface area contributed by atoms with Crippen molar-refractivity contribution < 1.29 is 0 Å². The molecule has 0 fully saturated rings. The van der Waals surface area contributed by atoms with Gasteiger partial charge in [0.15, 0.2) is 0 Å². The number of hydrogen-bond acceptors (Lipinski definition) is 5. The van der Waals surface area contributed by atoms with Crippen LogP contribution in [0.5, 0.6) is 0 Å². The number of rotatable bonds is 3. The molecule has 0 aromatic carbocycles. The summed E-state index contributed by atoms with van der Waals surface area (Å²) in [7, 11) is 0. The Labute approximate surface area is 98.3 Å². The van der Waals surface area contributed by atoms with Crippen molar-refractivity contribution >= 4 is 17.0 Å². The molecule has 2 heterocycles. The summed E-state index contributed by atoms with van der Waals surface area (Å²) in [6.45, 7) is 1.98. The van der Waals surface area contributed by atoms with Gasteiger partial charge in [-0.3, -0.25) is 4.98 Å². The van der Waals surface area contributed by atoms with E-state index in [1.54, 1.807) is 29.8 Å². The molecule has 0 aliphatic rings. The zero-order chi connectivity index (χ0) is 11.5. The predicted octanol–water partition coefficient (Wildman–Crippen LogP) is 1.67. The molecule has 4 N–H and O–H groups in total. The number of anilines is 1. The summed E-state index contributed by atoms with van der Waals surface area (Å²) < 4.78 is 0. The van der Waals surface area contributed by atoms with Crippen LogP contribution in [0, 0.1) is 6.92 Å². The molecule has 0 aliphatic carbocycles.